The first-order valence-corrected chi connectivity index (χ1v) is 30.8. The number of hydrogen-bond acceptors (Lipinski definition) is 26. The normalized spacial score (nSPS) is 15.9. The molecule has 20 amide bonds. The molecule has 0 bridgehead atoms. The van der Waals surface area contributed by atoms with Crippen LogP contribution in [-0.2, 0) is 94.4 Å². The van der Waals surface area contributed by atoms with Gasteiger partial charge in [0, 0.05) is 14.1 Å². The van der Waals surface area contributed by atoms with Gasteiger partial charge in [-0.1, -0.05) is 71.6 Å². The molecule has 0 atom stereocenters. The summed E-state index contributed by atoms with van der Waals surface area (Å²) in [6.07, 6.45) is -1.55. The van der Waals surface area contributed by atoms with Crippen molar-refractivity contribution in [3.63, 3.8) is 0 Å². The Balaban J connectivity index is 0.000000266. The summed E-state index contributed by atoms with van der Waals surface area (Å²) in [7, 11) is -4.96. The predicted octanol–water partition coefficient (Wildman–Crippen LogP) is -6.39. The van der Waals surface area contributed by atoms with E-state index in [9.17, 15) is 100 Å². The van der Waals surface area contributed by atoms with Crippen LogP contribution in [0.1, 0.15) is 22.3 Å². The van der Waals surface area contributed by atoms with Crippen LogP contribution in [0, 0.1) is 29.7 Å². The first kappa shape index (κ1) is 83.5. The number of benzene rings is 6. The number of rotatable bonds is 11. The van der Waals surface area contributed by atoms with Crippen molar-refractivity contribution < 1.29 is 182 Å². The number of hydrogen-bond donors (Lipinski definition) is 11. The number of phenols is 4. The van der Waals surface area contributed by atoms with Crippen molar-refractivity contribution in [2.75, 3.05) is 23.9 Å². The number of nitrogens with one attached hydrogen (secondary N) is 6. The third-order valence-electron chi connectivity index (χ3n) is 14.3. The number of aliphatic hydroxyl groups is 1. The molecule has 0 saturated carbocycles. The first-order chi connectivity index (χ1) is 47.1. The van der Waals surface area contributed by atoms with Crippen molar-refractivity contribution in [2.45, 2.75) is 36.7 Å². The number of phenolic OH excluding ortho intramolecular Hbond substituents is 4. The molecule has 5 heterocycles. The number of anilines is 2. The molecule has 0 radical (unpaired) electrons. The second kappa shape index (κ2) is 37.5. The Hall–Kier alpha value is -10.9. The summed E-state index contributed by atoms with van der Waals surface area (Å²) in [6, 6.07) is 34.7. The van der Waals surface area contributed by atoms with Gasteiger partial charge in [0.25, 0.3) is 11.8 Å². The Bertz CT molecular complexity index is 4340. The summed E-state index contributed by atoms with van der Waals surface area (Å²) in [6.45, 7) is 0. The molecule has 6 aromatic carbocycles. The third kappa shape index (κ3) is 22.8. The van der Waals surface area contributed by atoms with Gasteiger partial charge in [-0.15, -0.1) is 12.6 Å². The van der Waals surface area contributed by atoms with Gasteiger partial charge in [-0.25, -0.2) is 33.8 Å². The molecule has 11 rings (SSSR count). The Morgan fingerprint density at radius 2 is 0.765 bits per heavy atom. The van der Waals surface area contributed by atoms with E-state index in [4.69, 9.17) is 22.8 Å². The van der Waals surface area contributed by atoms with Gasteiger partial charge >= 0.3 is 99.9 Å². The molecule has 11 N–H and O–H groups in total. The van der Waals surface area contributed by atoms with Crippen LogP contribution >= 0.6 is 0 Å². The van der Waals surface area contributed by atoms with Crippen LogP contribution in [0.5, 0.6) is 23.0 Å². The minimum Gasteiger partial charge on any atom is -0.754 e. The molecule has 5 saturated heterocycles. The summed E-state index contributed by atoms with van der Waals surface area (Å²) in [5.74, 6) is -11.3. The zero-order valence-electron chi connectivity index (χ0n) is 53.5. The average molecular weight is 1470 g/mol. The van der Waals surface area contributed by atoms with E-state index in [-0.39, 0.29) is 108 Å². The van der Waals surface area contributed by atoms with Gasteiger partial charge in [0.2, 0.25) is 53.4 Å². The largest absolute Gasteiger partial charge is 1.00 e. The molecule has 5 aliphatic rings. The molecule has 40 heteroatoms. The van der Waals surface area contributed by atoms with Crippen LogP contribution in [0.15, 0.2) is 150 Å². The van der Waals surface area contributed by atoms with Crippen LogP contribution in [0.2, 0.25) is 0 Å². The number of nitrogens with zero attached hydrogens (tertiary/aromatic N) is 4. The zero-order chi connectivity index (χ0) is 74.0. The number of para-hydroxylation sites is 2. The molecule has 36 nitrogen and oxygen atoms in total. The molecule has 6 aromatic rings. The molecule has 5 fully saturated rings. The van der Waals surface area contributed by atoms with E-state index in [1.54, 1.807) is 84.9 Å². The van der Waals surface area contributed by atoms with E-state index in [0.717, 1.165) is 42.9 Å². The number of amides is 20. The molecule has 102 heavy (non-hydrogen) atoms. The van der Waals surface area contributed by atoms with Crippen LogP contribution in [-0.4, -0.2) is 170 Å². The Morgan fingerprint density at radius 1 is 0.431 bits per heavy atom. The maximum atomic E-state index is 12.6. The van der Waals surface area contributed by atoms with Crippen LogP contribution in [0.3, 0.4) is 0 Å². The SMILES string of the molecule is CN1C(=O)C(Cc2ccc(O)cc2)C(=O)N(C)C1=O.O=C1C(O)C(=O)N(c2ccccc2)C(=O)N1c1ccccc1.O=C1NC(=O)C(Cc2[c-]cc(S(=O)(=O)[O-])cc2)C(=O)N1.O=C1NC(=O)C(Cc2ccc(O)c(O)c2)C(=O)N1.O=C1NC(=O)C(Cc2ccc(O)cc2)C(=O)N1.O=S(=O)=O.[Na+].[Na+]. The Labute approximate surface area is 621 Å². The van der Waals surface area contributed by atoms with E-state index < -0.39 is 145 Å². The van der Waals surface area contributed by atoms with E-state index in [0.29, 0.717) is 22.5 Å². The number of carbonyl (C=O) groups excluding carboxylic acids is 15. The molecule has 0 unspecified atom stereocenters. The molecule has 5 aliphatic heterocycles. The molecular formula is C62H54N10Na2O26S2. The van der Waals surface area contributed by atoms with Gasteiger partial charge in [0.05, 0.1) is 21.5 Å². The first-order valence-electron chi connectivity index (χ1n) is 28.4. The minimum absolute atomic E-state index is 0. The van der Waals surface area contributed by atoms with E-state index in [2.05, 4.69) is 6.07 Å². The average Bonchev–Trinajstić information content (AvgIpc) is 0.769. The number of urea groups is 5. The Kier molecular flexibility index (Phi) is 30.7. The zero-order valence-corrected chi connectivity index (χ0v) is 59.1. The maximum absolute atomic E-state index is 12.6. The standard InChI is InChI=1S/C16H12N2O4.C13H14N2O4.C11H9N2O6S.C11H10N2O5.C11H10N2O4.2Na.O3S/c19-13-14(20)17(11-7-3-1-4-8-11)16(22)18(15(13)21)12-9-5-2-6-10-12;1-14-11(17)10(12(18)15(2)13(14)19)7-8-3-5-9(16)6-4-8;14-9-8(10(15)13-11(16)12-9)5-6-1-3-7(4-2-6)20(17,18)19;14-7-2-1-5(4-8(7)15)3-6-9(16)12-11(18)13-10(6)17;14-7-3-1-6(2-4-7)5-8-9(15)12-11(17)13-10(8)16;;;1-4(2)3/h1-10,13,19H;3-6,10,16H,7H2,1-2H3;1,3-4,8H,5H2,(H,17,18,19)(H2,12,13,14,15,16);1-2,4,6,14-15H,3H2,(H2,12,13,16,17,18);1-4,8,14H,5H2,(H2,12,13,15,16,17);;;/q;;-1;;;2*+1;/p-1. The van der Waals surface area contributed by atoms with Gasteiger partial charge < -0.3 is 30.1 Å². The van der Waals surface area contributed by atoms with Crippen molar-refractivity contribution in [3.8, 4) is 23.0 Å². The van der Waals surface area contributed by atoms with Crippen molar-refractivity contribution >= 4 is 121 Å². The van der Waals surface area contributed by atoms with Gasteiger partial charge in [-0.05, 0) is 103 Å². The summed E-state index contributed by atoms with van der Waals surface area (Å²) in [5.41, 5.74) is 2.93. The second-order valence-corrected chi connectivity index (χ2v) is 22.9. The summed E-state index contributed by atoms with van der Waals surface area (Å²) >= 11 is 0. The fourth-order valence-electron chi connectivity index (χ4n) is 9.24. The molecule has 0 spiro atoms. The van der Waals surface area contributed by atoms with Crippen molar-refractivity contribution in [1.82, 2.24) is 41.7 Å². The minimum atomic E-state index is -4.57. The van der Waals surface area contributed by atoms with E-state index in [1.807, 2.05) is 31.9 Å². The van der Waals surface area contributed by atoms with Crippen molar-refractivity contribution in [1.29, 1.82) is 0 Å². The van der Waals surface area contributed by atoms with Crippen LogP contribution in [0.25, 0.3) is 0 Å². The van der Waals surface area contributed by atoms with E-state index >= 15 is 0 Å². The number of carbonyl (C=O) groups is 15. The molecule has 0 aromatic heterocycles. The number of imide groups is 10. The predicted molar refractivity (Wildman–Crippen MR) is 333 cm³/mol. The summed E-state index contributed by atoms with van der Waals surface area (Å²) in [4.78, 5) is 177. The summed E-state index contributed by atoms with van der Waals surface area (Å²) in [5, 5.41) is 58.5. The smallest absolute Gasteiger partial charge is 0.754 e. The molecular weight excluding hydrogens is 1410 g/mol. The van der Waals surface area contributed by atoms with Gasteiger partial charge in [-0.2, -0.15) is 29.8 Å². The Morgan fingerprint density at radius 3 is 1.10 bits per heavy atom. The fraction of sp³-hybridized carbons (Fsp3) is 0.177. The molecule has 522 valence electrons. The molecule has 0 aliphatic carbocycles. The topological polar surface area (TPSA) is 551 Å². The number of barbiturate groups is 5. The van der Waals surface area contributed by atoms with Gasteiger partial charge in [0.15, 0.2) is 11.5 Å². The monoisotopic (exact) mass is 1460 g/mol. The quantitative estimate of drug-likeness (QED) is 0.0189. The van der Waals surface area contributed by atoms with Crippen molar-refractivity contribution in [2.24, 2.45) is 23.7 Å². The van der Waals surface area contributed by atoms with E-state index in [1.165, 1.54) is 62.6 Å². The third-order valence-corrected chi connectivity index (χ3v) is 15.1. The van der Waals surface area contributed by atoms with Crippen LogP contribution < -0.4 is 101 Å². The maximum Gasteiger partial charge on any atom is 1.00 e. The second-order valence-electron chi connectivity index (χ2n) is 21.1. The fourth-order valence-corrected chi connectivity index (χ4v) is 9.68. The van der Waals surface area contributed by atoms with Gasteiger partial charge in [0.1, 0.15) is 35.2 Å². The van der Waals surface area contributed by atoms with Gasteiger partial charge in [-0.3, -0.25) is 98.1 Å². The summed E-state index contributed by atoms with van der Waals surface area (Å²) < 4.78 is 57.5. The number of aromatic hydroxyl groups is 4. The van der Waals surface area contributed by atoms with Crippen LogP contribution in [0.4, 0.5) is 35.3 Å². The van der Waals surface area contributed by atoms with Crippen molar-refractivity contribution in [3.05, 3.63) is 174 Å². The number of aliphatic hydroxyl groups excluding tert-OH is 1.